The molecule has 0 bridgehead atoms. The fraction of sp³-hybridized carbons (Fsp3) is 0.0909. The third-order valence-electron chi connectivity index (χ3n) is 2.34. The van der Waals surface area contributed by atoms with Crippen molar-refractivity contribution < 1.29 is 0 Å². The van der Waals surface area contributed by atoms with E-state index in [2.05, 4.69) is 15.3 Å². The number of hydrogen-bond acceptors (Lipinski definition) is 4. The standard InChI is InChI=1S/C11H10N4S/c1-12-11-13-6-9(16-11)8-7-15-5-3-2-4-10(15)14-8/h2-7H,1H3,(H,12,13). The molecule has 4 nitrogen and oxygen atoms in total. The van der Waals surface area contributed by atoms with Gasteiger partial charge in [0.2, 0.25) is 0 Å². The molecule has 0 amide bonds. The van der Waals surface area contributed by atoms with E-state index in [0.29, 0.717) is 0 Å². The predicted molar refractivity (Wildman–Crippen MR) is 65.8 cm³/mol. The van der Waals surface area contributed by atoms with Crippen LogP contribution < -0.4 is 5.32 Å². The molecule has 1 N–H and O–H groups in total. The smallest absolute Gasteiger partial charge is 0.182 e. The van der Waals surface area contributed by atoms with Crippen molar-refractivity contribution in [2.24, 2.45) is 0 Å². The van der Waals surface area contributed by atoms with Crippen LogP contribution in [0.3, 0.4) is 0 Å². The lowest BCUT2D eigenvalue weighted by Crippen LogP contribution is -1.83. The van der Waals surface area contributed by atoms with Crippen molar-refractivity contribution in [1.29, 1.82) is 0 Å². The second-order valence-electron chi connectivity index (χ2n) is 3.37. The molecule has 3 heterocycles. The molecule has 3 aromatic rings. The summed E-state index contributed by atoms with van der Waals surface area (Å²) >= 11 is 1.60. The topological polar surface area (TPSA) is 42.2 Å². The van der Waals surface area contributed by atoms with Crippen molar-refractivity contribution in [3.8, 4) is 10.6 Å². The van der Waals surface area contributed by atoms with Gasteiger partial charge in [-0.25, -0.2) is 9.97 Å². The van der Waals surface area contributed by atoms with Crippen LogP contribution in [0, 0.1) is 0 Å². The van der Waals surface area contributed by atoms with E-state index in [1.54, 1.807) is 11.3 Å². The molecule has 0 radical (unpaired) electrons. The highest BCUT2D eigenvalue weighted by Gasteiger charge is 2.07. The minimum absolute atomic E-state index is 0.909. The van der Waals surface area contributed by atoms with Crippen LogP contribution in [0.1, 0.15) is 0 Å². The van der Waals surface area contributed by atoms with Crippen molar-refractivity contribution in [2.45, 2.75) is 0 Å². The molecular weight excluding hydrogens is 220 g/mol. The van der Waals surface area contributed by atoms with Crippen molar-refractivity contribution in [3.05, 3.63) is 36.8 Å². The minimum atomic E-state index is 0.909. The van der Waals surface area contributed by atoms with E-state index in [-0.39, 0.29) is 0 Å². The number of thiazole rings is 1. The van der Waals surface area contributed by atoms with E-state index >= 15 is 0 Å². The number of fused-ring (bicyclic) bond motifs is 1. The fourth-order valence-corrected chi connectivity index (χ4v) is 2.29. The average Bonchev–Trinajstić information content (AvgIpc) is 2.95. The highest BCUT2D eigenvalue weighted by Crippen LogP contribution is 2.27. The lowest BCUT2D eigenvalue weighted by molar-refractivity contribution is 1.19. The van der Waals surface area contributed by atoms with Gasteiger partial charge in [-0.2, -0.15) is 0 Å². The quantitative estimate of drug-likeness (QED) is 0.735. The molecular formula is C11H10N4S. The lowest BCUT2D eigenvalue weighted by atomic mass is 10.4. The molecule has 0 aliphatic carbocycles. The Morgan fingerprint density at radius 2 is 2.31 bits per heavy atom. The first-order valence-corrected chi connectivity index (χ1v) is 5.76. The van der Waals surface area contributed by atoms with Gasteiger partial charge in [0, 0.05) is 25.6 Å². The number of nitrogens with zero attached hydrogens (tertiary/aromatic N) is 3. The first-order valence-electron chi connectivity index (χ1n) is 4.94. The Balaban J connectivity index is 2.11. The second kappa shape index (κ2) is 3.61. The summed E-state index contributed by atoms with van der Waals surface area (Å²) in [5, 5.41) is 3.93. The number of rotatable bonds is 2. The zero-order valence-electron chi connectivity index (χ0n) is 8.71. The molecule has 16 heavy (non-hydrogen) atoms. The first-order chi connectivity index (χ1) is 7.86. The average molecular weight is 230 g/mol. The van der Waals surface area contributed by atoms with Gasteiger partial charge >= 0.3 is 0 Å². The van der Waals surface area contributed by atoms with Crippen molar-refractivity contribution in [2.75, 3.05) is 12.4 Å². The molecule has 0 aromatic carbocycles. The summed E-state index contributed by atoms with van der Waals surface area (Å²) < 4.78 is 2.01. The number of imidazole rings is 1. The summed E-state index contributed by atoms with van der Waals surface area (Å²) in [6, 6.07) is 5.96. The van der Waals surface area contributed by atoms with Crippen LogP contribution >= 0.6 is 11.3 Å². The molecule has 0 spiro atoms. The number of aromatic nitrogens is 3. The van der Waals surface area contributed by atoms with E-state index in [0.717, 1.165) is 21.3 Å². The van der Waals surface area contributed by atoms with Gasteiger partial charge < -0.3 is 9.72 Å². The van der Waals surface area contributed by atoms with Crippen molar-refractivity contribution in [1.82, 2.24) is 14.4 Å². The maximum atomic E-state index is 4.54. The van der Waals surface area contributed by atoms with E-state index in [9.17, 15) is 0 Å². The van der Waals surface area contributed by atoms with Crippen LogP contribution in [0.15, 0.2) is 36.8 Å². The Hall–Kier alpha value is -1.88. The highest BCUT2D eigenvalue weighted by molar-refractivity contribution is 7.18. The highest BCUT2D eigenvalue weighted by atomic mass is 32.1. The summed E-state index contributed by atoms with van der Waals surface area (Å²) in [6.07, 6.45) is 5.85. The summed E-state index contributed by atoms with van der Waals surface area (Å²) in [4.78, 5) is 9.85. The van der Waals surface area contributed by atoms with Gasteiger partial charge in [-0.15, -0.1) is 0 Å². The lowest BCUT2D eigenvalue weighted by Gasteiger charge is -1.87. The molecule has 0 atom stereocenters. The van der Waals surface area contributed by atoms with Crippen molar-refractivity contribution >= 4 is 22.1 Å². The largest absolute Gasteiger partial charge is 0.365 e. The van der Waals surface area contributed by atoms with E-state index < -0.39 is 0 Å². The van der Waals surface area contributed by atoms with Crippen molar-refractivity contribution in [3.63, 3.8) is 0 Å². The third kappa shape index (κ3) is 1.45. The van der Waals surface area contributed by atoms with Gasteiger partial charge in [-0.1, -0.05) is 17.4 Å². The summed E-state index contributed by atoms with van der Waals surface area (Å²) in [7, 11) is 1.87. The van der Waals surface area contributed by atoms with Gasteiger partial charge in [-0.05, 0) is 12.1 Å². The Labute approximate surface area is 96.6 Å². The third-order valence-corrected chi connectivity index (χ3v) is 3.37. The molecule has 0 unspecified atom stereocenters. The van der Waals surface area contributed by atoms with Crippen LogP contribution in [0.25, 0.3) is 16.2 Å². The molecule has 0 saturated carbocycles. The van der Waals surface area contributed by atoms with E-state index in [1.807, 2.05) is 48.2 Å². The fourth-order valence-electron chi connectivity index (χ4n) is 1.56. The normalized spacial score (nSPS) is 10.8. The summed E-state index contributed by atoms with van der Waals surface area (Å²) in [5.74, 6) is 0. The summed E-state index contributed by atoms with van der Waals surface area (Å²) in [5.41, 5.74) is 1.92. The Morgan fingerprint density at radius 3 is 3.06 bits per heavy atom. The van der Waals surface area contributed by atoms with Crippen LogP contribution in [0.5, 0.6) is 0 Å². The number of anilines is 1. The van der Waals surface area contributed by atoms with E-state index in [1.165, 1.54) is 0 Å². The summed E-state index contributed by atoms with van der Waals surface area (Å²) in [6.45, 7) is 0. The zero-order valence-corrected chi connectivity index (χ0v) is 9.53. The zero-order chi connectivity index (χ0) is 11.0. The van der Waals surface area contributed by atoms with Crippen LogP contribution in [-0.2, 0) is 0 Å². The van der Waals surface area contributed by atoms with Crippen LogP contribution in [-0.4, -0.2) is 21.4 Å². The SMILES string of the molecule is CNc1ncc(-c2cn3ccccc3n2)s1. The van der Waals surface area contributed by atoms with Gasteiger partial charge in [0.15, 0.2) is 5.13 Å². The van der Waals surface area contributed by atoms with Gasteiger partial charge in [-0.3, -0.25) is 0 Å². The molecule has 0 fully saturated rings. The van der Waals surface area contributed by atoms with Crippen LogP contribution in [0.4, 0.5) is 5.13 Å². The number of hydrogen-bond donors (Lipinski definition) is 1. The molecule has 80 valence electrons. The Kier molecular flexibility index (Phi) is 2.11. The number of pyridine rings is 1. The predicted octanol–water partition coefficient (Wildman–Crippen LogP) is 2.50. The van der Waals surface area contributed by atoms with Crippen LogP contribution in [0.2, 0.25) is 0 Å². The first kappa shape index (κ1) is 9.35. The number of nitrogens with one attached hydrogen (secondary N) is 1. The van der Waals surface area contributed by atoms with E-state index in [4.69, 9.17) is 0 Å². The van der Waals surface area contributed by atoms with Gasteiger partial charge in [0.25, 0.3) is 0 Å². The molecule has 0 aliphatic heterocycles. The molecule has 0 saturated heterocycles. The monoisotopic (exact) mass is 230 g/mol. The molecule has 5 heteroatoms. The maximum absolute atomic E-state index is 4.54. The Bertz CT molecular complexity index is 592. The molecule has 0 aliphatic rings. The molecule has 3 aromatic heterocycles. The Morgan fingerprint density at radius 1 is 1.38 bits per heavy atom. The van der Waals surface area contributed by atoms with Gasteiger partial charge in [0.1, 0.15) is 11.3 Å². The second-order valence-corrected chi connectivity index (χ2v) is 4.40. The molecule has 3 rings (SSSR count). The minimum Gasteiger partial charge on any atom is -0.365 e. The van der Waals surface area contributed by atoms with Gasteiger partial charge in [0.05, 0.1) is 4.88 Å². The maximum Gasteiger partial charge on any atom is 0.182 e.